The van der Waals surface area contributed by atoms with Crippen LogP contribution >= 0.6 is 15.9 Å². The number of carbonyl (C=O) groups is 1. The fraction of sp³-hybridized carbons (Fsp3) is 0.364. The van der Waals surface area contributed by atoms with E-state index in [9.17, 15) is 20.0 Å². The van der Waals surface area contributed by atoms with E-state index in [0.717, 1.165) is 0 Å². The van der Waals surface area contributed by atoms with Crippen LogP contribution in [0.4, 0.5) is 11.4 Å². The second-order valence-corrected chi connectivity index (χ2v) is 4.95. The zero-order chi connectivity index (χ0) is 14.2. The van der Waals surface area contributed by atoms with Crippen molar-refractivity contribution < 1.29 is 19.6 Å². The Bertz CT molecular complexity index is 548. The Hall–Kier alpha value is -1.67. The number of amides is 1. The van der Waals surface area contributed by atoms with Gasteiger partial charge < -0.3 is 14.7 Å². The normalized spacial score (nSPS) is 18.8. The molecule has 0 radical (unpaired) electrons. The van der Waals surface area contributed by atoms with E-state index < -0.39 is 11.0 Å². The van der Waals surface area contributed by atoms with Crippen molar-refractivity contribution in [3.8, 4) is 5.75 Å². The number of halogens is 1. The maximum absolute atomic E-state index is 11.8. The number of nitro groups is 1. The van der Waals surface area contributed by atoms with Gasteiger partial charge in [0.05, 0.1) is 41.6 Å². The highest BCUT2D eigenvalue weighted by Gasteiger charge is 2.35. The summed E-state index contributed by atoms with van der Waals surface area (Å²) in [5, 5.41) is 20.6. The van der Waals surface area contributed by atoms with Crippen LogP contribution in [0, 0.1) is 10.1 Å². The largest absolute Gasteiger partial charge is 0.496 e. The van der Waals surface area contributed by atoms with Crippen molar-refractivity contribution in [3.05, 3.63) is 26.7 Å². The molecule has 1 unspecified atom stereocenters. The van der Waals surface area contributed by atoms with E-state index in [0.29, 0.717) is 10.2 Å². The van der Waals surface area contributed by atoms with Crippen molar-refractivity contribution in [2.75, 3.05) is 18.6 Å². The van der Waals surface area contributed by atoms with Crippen LogP contribution in [0.25, 0.3) is 0 Å². The summed E-state index contributed by atoms with van der Waals surface area (Å²) in [5.74, 6) is -0.0315. The molecule has 1 heterocycles. The average Bonchev–Trinajstić information content (AvgIpc) is 2.66. The molecule has 1 amide bonds. The monoisotopic (exact) mass is 330 g/mol. The summed E-state index contributed by atoms with van der Waals surface area (Å²) in [6, 6.07) is 2.79. The van der Waals surface area contributed by atoms with Crippen LogP contribution in [0.5, 0.6) is 5.75 Å². The van der Waals surface area contributed by atoms with Gasteiger partial charge in [-0.2, -0.15) is 0 Å². The minimum Gasteiger partial charge on any atom is -0.496 e. The number of hydrogen-bond donors (Lipinski definition) is 1. The van der Waals surface area contributed by atoms with Crippen LogP contribution in [0.3, 0.4) is 0 Å². The molecule has 19 heavy (non-hydrogen) atoms. The number of nitrogens with zero attached hydrogens (tertiary/aromatic N) is 2. The molecule has 1 aromatic rings. The number of benzene rings is 1. The first-order valence-electron chi connectivity index (χ1n) is 5.44. The quantitative estimate of drug-likeness (QED) is 0.669. The van der Waals surface area contributed by atoms with E-state index in [2.05, 4.69) is 15.9 Å². The molecular weight excluding hydrogens is 320 g/mol. The molecule has 1 saturated heterocycles. The molecule has 1 aromatic carbocycles. The molecule has 0 saturated carbocycles. The standard InChI is InChI=1S/C11H11BrN2O5/c1-19-7-3-8(12)11(9(4-7)14(17)18)13-5-6(15)2-10(13)16/h3-4,6,15H,2,5H2,1H3. The van der Waals surface area contributed by atoms with Gasteiger partial charge in [-0.3, -0.25) is 14.9 Å². The number of β-amino-alcohol motifs (C(OH)–C–C–N with tert-alkyl or cyclic N) is 1. The number of hydrogen-bond acceptors (Lipinski definition) is 5. The Kier molecular flexibility index (Phi) is 3.72. The summed E-state index contributed by atoms with van der Waals surface area (Å²) < 4.78 is 5.34. The molecule has 1 atom stereocenters. The molecule has 0 bridgehead atoms. The van der Waals surface area contributed by atoms with Crippen LogP contribution in [0.2, 0.25) is 0 Å². The van der Waals surface area contributed by atoms with Gasteiger partial charge in [0.2, 0.25) is 5.91 Å². The van der Waals surface area contributed by atoms with Gasteiger partial charge >= 0.3 is 0 Å². The Labute approximate surface area is 117 Å². The van der Waals surface area contributed by atoms with Gasteiger partial charge in [-0.25, -0.2) is 0 Å². The molecule has 0 spiro atoms. The van der Waals surface area contributed by atoms with Crippen molar-refractivity contribution >= 4 is 33.2 Å². The van der Waals surface area contributed by atoms with E-state index in [1.807, 2.05) is 0 Å². The Morgan fingerprint density at radius 1 is 1.58 bits per heavy atom. The lowest BCUT2D eigenvalue weighted by molar-refractivity contribution is -0.384. The average molecular weight is 331 g/mol. The van der Waals surface area contributed by atoms with Gasteiger partial charge in [-0.05, 0) is 22.0 Å². The fourth-order valence-electron chi connectivity index (χ4n) is 1.99. The number of aliphatic hydroxyl groups is 1. The van der Waals surface area contributed by atoms with Gasteiger partial charge in [0.25, 0.3) is 5.69 Å². The zero-order valence-corrected chi connectivity index (χ0v) is 11.6. The third-order valence-corrected chi connectivity index (χ3v) is 3.43. The second kappa shape index (κ2) is 5.14. The molecule has 102 valence electrons. The highest BCUT2D eigenvalue weighted by atomic mass is 79.9. The zero-order valence-electron chi connectivity index (χ0n) is 10.00. The van der Waals surface area contributed by atoms with E-state index in [4.69, 9.17) is 4.74 Å². The Balaban J connectivity index is 2.55. The van der Waals surface area contributed by atoms with Crippen LogP contribution in [-0.4, -0.2) is 35.7 Å². The lowest BCUT2D eigenvalue weighted by Gasteiger charge is -2.18. The number of nitro benzene ring substituents is 1. The smallest absolute Gasteiger partial charge is 0.297 e. The van der Waals surface area contributed by atoms with E-state index >= 15 is 0 Å². The van der Waals surface area contributed by atoms with E-state index in [-0.39, 0.29) is 30.2 Å². The number of anilines is 1. The van der Waals surface area contributed by atoms with E-state index in [1.54, 1.807) is 6.07 Å². The number of rotatable bonds is 3. The van der Waals surface area contributed by atoms with Gasteiger partial charge in [0.15, 0.2) is 0 Å². The highest BCUT2D eigenvalue weighted by molar-refractivity contribution is 9.10. The summed E-state index contributed by atoms with van der Waals surface area (Å²) in [6.07, 6.45) is -0.837. The molecule has 7 nitrogen and oxygen atoms in total. The third kappa shape index (κ3) is 2.54. The van der Waals surface area contributed by atoms with Gasteiger partial charge in [-0.15, -0.1) is 0 Å². The van der Waals surface area contributed by atoms with Crippen molar-refractivity contribution in [2.45, 2.75) is 12.5 Å². The summed E-state index contributed by atoms with van der Waals surface area (Å²) >= 11 is 3.20. The molecular formula is C11H11BrN2O5. The van der Waals surface area contributed by atoms with Gasteiger partial charge in [0, 0.05) is 0 Å². The first-order valence-corrected chi connectivity index (χ1v) is 6.23. The van der Waals surface area contributed by atoms with Crippen molar-refractivity contribution in [2.24, 2.45) is 0 Å². The molecule has 1 fully saturated rings. The predicted molar refractivity (Wildman–Crippen MR) is 70.3 cm³/mol. The molecule has 1 N–H and O–H groups in total. The van der Waals surface area contributed by atoms with Crippen molar-refractivity contribution in [1.82, 2.24) is 0 Å². The minimum absolute atomic E-state index is 0.0321. The lowest BCUT2D eigenvalue weighted by atomic mass is 10.2. The number of ether oxygens (including phenoxy) is 1. The topological polar surface area (TPSA) is 92.9 Å². The lowest BCUT2D eigenvalue weighted by Crippen LogP contribution is -2.26. The molecule has 1 aliphatic rings. The highest BCUT2D eigenvalue weighted by Crippen LogP contribution is 2.41. The van der Waals surface area contributed by atoms with Crippen LogP contribution in [-0.2, 0) is 4.79 Å². The SMILES string of the molecule is COc1cc(Br)c(N2CC(O)CC2=O)c([N+](=O)[O-])c1. The molecule has 1 aliphatic heterocycles. The summed E-state index contributed by atoms with van der Waals surface area (Å²) in [4.78, 5) is 23.5. The second-order valence-electron chi connectivity index (χ2n) is 4.10. The fourth-order valence-corrected chi connectivity index (χ4v) is 2.63. The molecule has 8 heteroatoms. The van der Waals surface area contributed by atoms with Crippen LogP contribution in [0.1, 0.15) is 6.42 Å². The number of aliphatic hydroxyl groups excluding tert-OH is 1. The molecule has 2 rings (SSSR count). The maximum atomic E-state index is 11.8. The molecule has 0 aromatic heterocycles. The van der Waals surface area contributed by atoms with E-state index in [1.165, 1.54) is 18.1 Å². The number of methoxy groups -OCH3 is 1. The number of carbonyl (C=O) groups excluding carboxylic acids is 1. The van der Waals surface area contributed by atoms with Gasteiger partial charge in [0.1, 0.15) is 11.4 Å². The van der Waals surface area contributed by atoms with Crippen LogP contribution in [0.15, 0.2) is 16.6 Å². The predicted octanol–water partition coefficient (Wildman–Crippen LogP) is 1.46. The van der Waals surface area contributed by atoms with Crippen molar-refractivity contribution in [3.63, 3.8) is 0 Å². The van der Waals surface area contributed by atoms with Gasteiger partial charge in [-0.1, -0.05) is 0 Å². The maximum Gasteiger partial charge on any atom is 0.297 e. The van der Waals surface area contributed by atoms with Crippen molar-refractivity contribution in [1.29, 1.82) is 0 Å². The molecule has 0 aliphatic carbocycles. The minimum atomic E-state index is -0.805. The third-order valence-electron chi connectivity index (χ3n) is 2.82. The summed E-state index contributed by atoms with van der Waals surface area (Å²) in [7, 11) is 1.40. The summed E-state index contributed by atoms with van der Waals surface area (Å²) in [6.45, 7) is 0.0462. The first-order chi connectivity index (χ1) is 8.93. The van der Waals surface area contributed by atoms with Crippen LogP contribution < -0.4 is 9.64 Å². The summed E-state index contributed by atoms with van der Waals surface area (Å²) in [5.41, 5.74) is -0.0963. The Morgan fingerprint density at radius 3 is 2.74 bits per heavy atom. The Morgan fingerprint density at radius 2 is 2.26 bits per heavy atom. The first kappa shape index (κ1) is 13.8.